The lowest BCUT2D eigenvalue weighted by molar-refractivity contribution is 0.416. The summed E-state index contributed by atoms with van der Waals surface area (Å²) in [4.78, 5) is 4.61. The van der Waals surface area contributed by atoms with E-state index in [9.17, 15) is 4.39 Å². The average molecular weight is 308 g/mol. The lowest BCUT2D eigenvalue weighted by Crippen LogP contribution is -1.98. The molecule has 0 aliphatic carbocycles. The Balaban J connectivity index is 2.17. The van der Waals surface area contributed by atoms with E-state index in [2.05, 4.69) is 15.2 Å². The highest BCUT2D eigenvalue weighted by molar-refractivity contribution is 5.81. The van der Waals surface area contributed by atoms with Gasteiger partial charge in [-0.25, -0.2) is 9.37 Å². The van der Waals surface area contributed by atoms with Crippen molar-refractivity contribution >= 4 is 16.7 Å². The number of imidazole rings is 1. The van der Waals surface area contributed by atoms with E-state index in [0.29, 0.717) is 28.3 Å². The first-order valence-corrected chi connectivity index (χ1v) is 7.13. The Morgan fingerprint density at radius 1 is 1.09 bits per heavy atom. The largest absolute Gasteiger partial charge is 0.496 e. The van der Waals surface area contributed by atoms with Gasteiger partial charge >= 0.3 is 0 Å². The first-order chi connectivity index (χ1) is 11.2. The average Bonchev–Trinajstić information content (AvgIpc) is 2.92. The summed E-state index contributed by atoms with van der Waals surface area (Å²) in [6, 6.07) is 12.0. The van der Waals surface area contributed by atoms with E-state index >= 15 is 0 Å². The first-order valence-electron chi connectivity index (χ1n) is 7.13. The molecule has 0 saturated carbocycles. The Morgan fingerprint density at radius 2 is 1.91 bits per heavy atom. The molecule has 5 nitrogen and oxygen atoms in total. The highest BCUT2D eigenvalue weighted by atomic mass is 19.1. The quantitative estimate of drug-likeness (QED) is 0.569. The predicted molar refractivity (Wildman–Crippen MR) is 85.0 cm³/mol. The third-order valence-electron chi connectivity index (χ3n) is 3.80. The van der Waals surface area contributed by atoms with Crippen LogP contribution in [0.5, 0.6) is 5.75 Å². The second-order valence-electron chi connectivity index (χ2n) is 5.21. The van der Waals surface area contributed by atoms with Crippen molar-refractivity contribution in [2.75, 3.05) is 7.11 Å². The molecule has 2 aromatic carbocycles. The predicted octanol–water partition coefficient (Wildman–Crippen LogP) is 3.40. The number of fused-ring (bicyclic) bond motifs is 3. The van der Waals surface area contributed by atoms with Crippen molar-refractivity contribution in [3.05, 3.63) is 54.0 Å². The Morgan fingerprint density at radius 3 is 2.74 bits per heavy atom. The van der Waals surface area contributed by atoms with E-state index in [1.54, 1.807) is 13.2 Å². The molecule has 2 aromatic heterocycles. The summed E-state index contributed by atoms with van der Waals surface area (Å²) in [6.45, 7) is 1.86. The molecular weight excluding hydrogens is 295 g/mol. The zero-order valence-electron chi connectivity index (χ0n) is 12.6. The molecule has 0 bridgehead atoms. The Hall–Kier alpha value is -3.02. The molecule has 0 radical (unpaired) electrons. The summed E-state index contributed by atoms with van der Waals surface area (Å²) in [5, 5.41) is 8.38. The van der Waals surface area contributed by atoms with Crippen molar-refractivity contribution in [2.45, 2.75) is 6.92 Å². The molecule has 0 unspecified atom stereocenters. The van der Waals surface area contributed by atoms with Gasteiger partial charge in [-0.15, -0.1) is 10.2 Å². The van der Waals surface area contributed by atoms with Gasteiger partial charge in [-0.2, -0.15) is 0 Å². The summed E-state index contributed by atoms with van der Waals surface area (Å²) < 4.78 is 21.0. The van der Waals surface area contributed by atoms with E-state index < -0.39 is 0 Å². The van der Waals surface area contributed by atoms with E-state index in [1.807, 2.05) is 35.6 Å². The first kappa shape index (κ1) is 13.6. The van der Waals surface area contributed by atoms with Crippen molar-refractivity contribution < 1.29 is 9.13 Å². The van der Waals surface area contributed by atoms with Crippen LogP contribution >= 0.6 is 0 Å². The summed E-state index contributed by atoms with van der Waals surface area (Å²) >= 11 is 0. The van der Waals surface area contributed by atoms with Crippen LogP contribution in [0.3, 0.4) is 0 Å². The Labute approximate surface area is 131 Å². The fourth-order valence-corrected chi connectivity index (χ4v) is 2.74. The standard InChI is InChI=1S/C17H13FN4O/c1-10-16-21-20-13-8-7-11(18)9-14(13)22(16)17(19-10)12-5-3-4-6-15(12)23-2/h3-9H,1-2H3. The fraction of sp³-hybridized carbons (Fsp3) is 0.118. The second kappa shape index (κ2) is 5.01. The van der Waals surface area contributed by atoms with Gasteiger partial charge in [0.05, 0.1) is 23.9 Å². The molecule has 0 amide bonds. The third-order valence-corrected chi connectivity index (χ3v) is 3.80. The molecule has 4 aromatic rings. The molecule has 23 heavy (non-hydrogen) atoms. The van der Waals surface area contributed by atoms with Crippen molar-refractivity contribution in [1.29, 1.82) is 0 Å². The minimum Gasteiger partial charge on any atom is -0.496 e. The summed E-state index contributed by atoms with van der Waals surface area (Å²) in [7, 11) is 1.61. The molecule has 0 saturated heterocycles. The van der Waals surface area contributed by atoms with Crippen molar-refractivity contribution in [2.24, 2.45) is 0 Å². The minimum absolute atomic E-state index is 0.330. The monoisotopic (exact) mass is 308 g/mol. The van der Waals surface area contributed by atoms with Crippen molar-refractivity contribution in [3.8, 4) is 17.1 Å². The minimum atomic E-state index is -0.330. The van der Waals surface area contributed by atoms with Crippen molar-refractivity contribution in [1.82, 2.24) is 19.6 Å². The number of hydrogen-bond acceptors (Lipinski definition) is 4. The molecule has 114 valence electrons. The molecule has 2 heterocycles. The van der Waals surface area contributed by atoms with E-state index in [-0.39, 0.29) is 5.82 Å². The number of nitrogens with zero attached hydrogens (tertiary/aromatic N) is 4. The number of rotatable bonds is 2. The number of benzene rings is 2. The zero-order valence-corrected chi connectivity index (χ0v) is 12.6. The van der Waals surface area contributed by atoms with Gasteiger partial charge in [0.1, 0.15) is 22.9 Å². The summed E-state index contributed by atoms with van der Waals surface area (Å²) in [6.07, 6.45) is 0. The molecule has 6 heteroatoms. The van der Waals surface area contributed by atoms with Crippen LogP contribution in [-0.2, 0) is 0 Å². The van der Waals surface area contributed by atoms with Gasteiger partial charge in [0.25, 0.3) is 0 Å². The van der Waals surface area contributed by atoms with E-state index in [1.165, 1.54) is 12.1 Å². The number of ether oxygens (including phenoxy) is 1. The smallest absolute Gasteiger partial charge is 0.183 e. The van der Waals surface area contributed by atoms with Crippen LogP contribution in [0.1, 0.15) is 5.69 Å². The molecule has 0 fully saturated rings. The van der Waals surface area contributed by atoms with Crippen LogP contribution < -0.4 is 4.74 Å². The topological polar surface area (TPSA) is 52.3 Å². The molecule has 4 rings (SSSR count). The molecular formula is C17H13FN4O. The molecule has 0 aliphatic rings. The van der Waals surface area contributed by atoms with Gasteiger partial charge < -0.3 is 4.74 Å². The second-order valence-corrected chi connectivity index (χ2v) is 5.21. The number of aromatic nitrogens is 4. The number of para-hydroxylation sites is 1. The zero-order chi connectivity index (χ0) is 16.0. The number of methoxy groups -OCH3 is 1. The van der Waals surface area contributed by atoms with Crippen LogP contribution in [0.15, 0.2) is 42.5 Å². The molecule has 0 N–H and O–H groups in total. The lowest BCUT2D eigenvalue weighted by atomic mass is 10.2. The van der Waals surface area contributed by atoms with Gasteiger partial charge in [-0.3, -0.25) is 4.40 Å². The van der Waals surface area contributed by atoms with Gasteiger partial charge in [0.15, 0.2) is 5.65 Å². The summed E-state index contributed by atoms with van der Waals surface area (Å²) in [5.41, 5.74) is 3.37. The molecule has 0 aliphatic heterocycles. The normalized spacial score (nSPS) is 11.3. The van der Waals surface area contributed by atoms with Crippen molar-refractivity contribution in [3.63, 3.8) is 0 Å². The highest BCUT2D eigenvalue weighted by Gasteiger charge is 2.17. The maximum absolute atomic E-state index is 13.7. The van der Waals surface area contributed by atoms with Crippen LogP contribution in [0.2, 0.25) is 0 Å². The van der Waals surface area contributed by atoms with Gasteiger partial charge in [-0.1, -0.05) is 12.1 Å². The maximum atomic E-state index is 13.7. The van der Waals surface area contributed by atoms with Gasteiger partial charge in [0.2, 0.25) is 0 Å². The third kappa shape index (κ3) is 2.03. The van der Waals surface area contributed by atoms with Crippen LogP contribution in [0.25, 0.3) is 28.1 Å². The van der Waals surface area contributed by atoms with Gasteiger partial charge in [0, 0.05) is 6.07 Å². The van der Waals surface area contributed by atoms with Crippen LogP contribution in [-0.4, -0.2) is 26.7 Å². The fourth-order valence-electron chi connectivity index (χ4n) is 2.74. The number of hydrogen-bond donors (Lipinski definition) is 0. The maximum Gasteiger partial charge on any atom is 0.183 e. The highest BCUT2D eigenvalue weighted by Crippen LogP contribution is 2.31. The summed E-state index contributed by atoms with van der Waals surface area (Å²) in [5.74, 6) is 1.02. The van der Waals surface area contributed by atoms with E-state index in [4.69, 9.17) is 4.74 Å². The number of aryl methyl sites for hydroxylation is 1. The van der Waals surface area contributed by atoms with Gasteiger partial charge in [-0.05, 0) is 31.2 Å². The SMILES string of the molecule is COc1ccccc1-c1nc(C)c2nnc3ccc(F)cc3n12. The molecule has 0 atom stereocenters. The Kier molecular flexibility index (Phi) is 2.97. The molecule has 0 spiro atoms. The lowest BCUT2D eigenvalue weighted by Gasteiger charge is -2.08. The number of halogens is 1. The van der Waals surface area contributed by atoms with E-state index in [0.717, 1.165) is 11.3 Å². The Bertz CT molecular complexity index is 1040. The van der Waals surface area contributed by atoms with Crippen LogP contribution in [0, 0.1) is 12.7 Å². The van der Waals surface area contributed by atoms with Crippen LogP contribution in [0.4, 0.5) is 4.39 Å².